The van der Waals surface area contributed by atoms with Gasteiger partial charge >= 0.3 is 0 Å². The van der Waals surface area contributed by atoms with Gasteiger partial charge in [0.05, 0.1) is 10.6 Å². The van der Waals surface area contributed by atoms with Gasteiger partial charge in [-0.2, -0.15) is 8.42 Å². The van der Waals surface area contributed by atoms with Gasteiger partial charge < -0.3 is 16.6 Å². The van der Waals surface area contributed by atoms with Gasteiger partial charge in [0, 0.05) is 28.3 Å². The molecule has 6 N–H and O–H groups in total. The van der Waals surface area contributed by atoms with Gasteiger partial charge in [-0.25, -0.2) is 0 Å². The van der Waals surface area contributed by atoms with Gasteiger partial charge in [0.1, 0.15) is 5.75 Å². The quantitative estimate of drug-likeness (QED) is 0.319. The van der Waals surface area contributed by atoms with E-state index in [1.54, 1.807) is 18.2 Å². The molecule has 128 valence electrons. The van der Waals surface area contributed by atoms with Gasteiger partial charge in [-0.1, -0.05) is 18.2 Å². The Bertz CT molecular complexity index is 1120. The summed E-state index contributed by atoms with van der Waals surface area (Å²) in [4.78, 5) is 12.2. The lowest BCUT2D eigenvalue weighted by Crippen LogP contribution is -2.07. The number of fused-ring (bicyclic) bond motifs is 1. The predicted octanol–water partition coefficient (Wildman–Crippen LogP) is 2.19. The number of benzene rings is 3. The highest BCUT2D eigenvalue weighted by atomic mass is 32.2. The molecular formula is C17H14N2O5S. The van der Waals surface area contributed by atoms with E-state index in [2.05, 4.69) is 0 Å². The third kappa shape index (κ3) is 3.00. The van der Waals surface area contributed by atoms with Gasteiger partial charge in [0.15, 0.2) is 5.78 Å². The standard InChI is InChI=1S/C17H14N2O5S/c18-11-3-1-2-10(6-11)17(21)13-5-4-9-7-12(25(22,23)24)8-14(20)15(9)16(13)19/h1-8,20H,18-19H2,(H,22,23,24). The lowest BCUT2D eigenvalue weighted by atomic mass is 9.97. The molecule has 0 aromatic heterocycles. The van der Waals surface area contributed by atoms with Crippen molar-refractivity contribution in [1.29, 1.82) is 0 Å². The minimum Gasteiger partial charge on any atom is -0.507 e. The summed E-state index contributed by atoms with van der Waals surface area (Å²) in [6, 6.07) is 11.3. The summed E-state index contributed by atoms with van der Waals surface area (Å²) in [5.41, 5.74) is 12.6. The number of hydrogen-bond acceptors (Lipinski definition) is 6. The molecule has 0 aliphatic rings. The fraction of sp³-hybridized carbons (Fsp3) is 0. The second kappa shape index (κ2) is 5.76. The van der Waals surface area contributed by atoms with Gasteiger partial charge in [0.2, 0.25) is 0 Å². The number of anilines is 2. The van der Waals surface area contributed by atoms with Crippen LogP contribution in [-0.2, 0) is 10.1 Å². The highest BCUT2D eigenvalue weighted by molar-refractivity contribution is 7.85. The Labute approximate surface area is 143 Å². The van der Waals surface area contributed by atoms with Crippen LogP contribution in [-0.4, -0.2) is 23.9 Å². The number of ketones is 1. The molecule has 0 saturated heterocycles. The molecular weight excluding hydrogens is 344 g/mol. The largest absolute Gasteiger partial charge is 0.507 e. The second-order valence-corrected chi connectivity index (χ2v) is 6.92. The van der Waals surface area contributed by atoms with Crippen molar-refractivity contribution in [2.75, 3.05) is 11.5 Å². The molecule has 25 heavy (non-hydrogen) atoms. The zero-order valence-corrected chi connectivity index (χ0v) is 13.6. The Hall–Kier alpha value is -3.10. The first kappa shape index (κ1) is 16.7. The topological polar surface area (TPSA) is 144 Å². The lowest BCUT2D eigenvalue weighted by molar-refractivity contribution is 0.103. The highest BCUT2D eigenvalue weighted by Gasteiger charge is 2.19. The Morgan fingerprint density at radius 1 is 1.00 bits per heavy atom. The molecule has 0 saturated carbocycles. The number of rotatable bonds is 3. The van der Waals surface area contributed by atoms with E-state index < -0.39 is 20.8 Å². The molecule has 8 heteroatoms. The van der Waals surface area contributed by atoms with Crippen molar-refractivity contribution in [1.82, 2.24) is 0 Å². The van der Waals surface area contributed by atoms with Crippen LogP contribution in [0.4, 0.5) is 11.4 Å². The molecule has 0 radical (unpaired) electrons. The zero-order chi connectivity index (χ0) is 18.4. The van der Waals surface area contributed by atoms with Crippen molar-refractivity contribution in [3.05, 3.63) is 59.7 Å². The first-order valence-corrected chi connectivity index (χ1v) is 8.55. The van der Waals surface area contributed by atoms with Crippen molar-refractivity contribution in [2.45, 2.75) is 4.90 Å². The molecule has 0 spiro atoms. The molecule has 3 rings (SSSR count). The van der Waals surface area contributed by atoms with Gasteiger partial charge in [-0.15, -0.1) is 0 Å². The normalized spacial score (nSPS) is 11.6. The number of nitrogen functional groups attached to an aromatic ring is 2. The molecule has 3 aromatic carbocycles. The number of hydrogen-bond donors (Lipinski definition) is 4. The Balaban J connectivity index is 2.21. The minimum atomic E-state index is -4.49. The van der Waals surface area contributed by atoms with E-state index in [0.29, 0.717) is 11.3 Å². The first-order valence-electron chi connectivity index (χ1n) is 7.11. The predicted molar refractivity (Wildman–Crippen MR) is 94.1 cm³/mol. The molecule has 0 aliphatic carbocycles. The van der Waals surface area contributed by atoms with Crippen molar-refractivity contribution >= 4 is 38.0 Å². The summed E-state index contributed by atoms with van der Waals surface area (Å²) >= 11 is 0. The van der Waals surface area contributed by atoms with E-state index in [9.17, 15) is 18.3 Å². The van der Waals surface area contributed by atoms with Gasteiger partial charge in [-0.05, 0) is 29.7 Å². The molecule has 0 amide bonds. The van der Waals surface area contributed by atoms with E-state index in [1.165, 1.54) is 18.2 Å². The van der Waals surface area contributed by atoms with Crippen LogP contribution in [0.5, 0.6) is 5.75 Å². The first-order chi connectivity index (χ1) is 11.7. The lowest BCUT2D eigenvalue weighted by Gasteiger charge is -2.11. The van der Waals surface area contributed by atoms with Crippen LogP contribution in [0.25, 0.3) is 10.8 Å². The van der Waals surface area contributed by atoms with Crippen molar-refractivity contribution in [2.24, 2.45) is 0 Å². The Morgan fingerprint density at radius 3 is 2.36 bits per heavy atom. The second-order valence-electron chi connectivity index (χ2n) is 5.50. The van der Waals surface area contributed by atoms with E-state index in [1.807, 2.05) is 0 Å². The summed E-state index contributed by atoms with van der Waals surface area (Å²) < 4.78 is 31.6. The summed E-state index contributed by atoms with van der Waals surface area (Å²) in [5.74, 6) is -0.838. The van der Waals surface area contributed by atoms with Crippen molar-refractivity contribution < 1.29 is 22.9 Å². The molecule has 0 atom stereocenters. The van der Waals surface area contributed by atoms with Crippen molar-refractivity contribution in [3.8, 4) is 5.75 Å². The molecule has 7 nitrogen and oxygen atoms in total. The summed E-state index contributed by atoms with van der Waals surface area (Å²) in [6.45, 7) is 0. The van der Waals surface area contributed by atoms with Crippen LogP contribution in [0.15, 0.2) is 53.4 Å². The maximum atomic E-state index is 12.6. The molecule has 3 aromatic rings. The smallest absolute Gasteiger partial charge is 0.294 e. The van der Waals surface area contributed by atoms with E-state index >= 15 is 0 Å². The van der Waals surface area contributed by atoms with Crippen LogP contribution in [0.1, 0.15) is 15.9 Å². The third-order valence-electron chi connectivity index (χ3n) is 3.80. The number of aromatic hydroxyl groups is 1. The number of nitrogens with two attached hydrogens (primary N) is 2. The number of carbonyl (C=O) groups is 1. The fourth-order valence-electron chi connectivity index (χ4n) is 2.63. The Morgan fingerprint density at radius 2 is 1.72 bits per heavy atom. The van der Waals surface area contributed by atoms with Crippen LogP contribution in [0.2, 0.25) is 0 Å². The number of phenols is 1. The maximum Gasteiger partial charge on any atom is 0.294 e. The summed E-state index contributed by atoms with van der Waals surface area (Å²) in [5, 5.41) is 10.5. The minimum absolute atomic E-state index is 0.00399. The zero-order valence-electron chi connectivity index (χ0n) is 12.8. The SMILES string of the molecule is Nc1cccc(C(=O)c2ccc3cc(S(=O)(=O)O)cc(O)c3c2N)c1. The van der Waals surface area contributed by atoms with Gasteiger partial charge in [0.25, 0.3) is 10.1 Å². The van der Waals surface area contributed by atoms with Crippen LogP contribution >= 0.6 is 0 Å². The van der Waals surface area contributed by atoms with E-state index in [0.717, 1.165) is 12.1 Å². The van der Waals surface area contributed by atoms with Crippen molar-refractivity contribution in [3.63, 3.8) is 0 Å². The summed E-state index contributed by atoms with van der Waals surface area (Å²) in [6.07, 6.45) is 0. The number of carbonyl (C=O) groups excluding carboxylic acids is 1. The average Bonchev–Trinajstić information content (AvgIpc) is 2.53. The van der Waals surface area contributed by atoms with Gasteiger partial charge in [-0.3, -0.25) is 9.35 Å². The maximum absolute atomic E-state index is 12.6. The molecule has 0 bridgehead atoms. The van der Waals surface area contributed by atoms with E-state index in [-0.39, 0.29) is 27.8 Å². The third-order valence-corrected chi connectivity index (χ3v) is 4.63. The van der Waals surface area contributed by atoms with Crippen LogP contribution < -0.4 is 11.5 Å². The summed E-state index contributed by atoms with van der Waals surface area (Å²) in [7, 11) is -4.49. The molecule has 0 aliphatic heterocycles. The molecule has 0 heterocycles. The fourth-order valence-corrected chi connectivity index (χ4v) is 3.16. The average molecular weight is 358 g/mol. The van der Waals surface area contributed by atoms with Crippen LogP contribution in [0.3, 0.4) is 0 Å². The highest BCUT2D eigenvalue weighted by Crippen LogP contribution is 2.35. The monoisotopic (exact) mass is 358 g/mol. The molecule has 0 unspecified atom stereocenters. The molecule has 0 fully saturated rings. The van der Waals surface area contributed by atoms with E-state index in [4.69, 9.17) is 16.0 Å². The van der Waals surface area contributed by atoms with Crippen LogP contribution in [0, 0.1) is 0 Å². The number of phenolic OH excluding ortho intramolecular Hbond substituents is 1. The Kier molecular flexibility index (Phi) is 3.86.